The van der Waals surface area contributed by atoms with Crippen molar-refractivity contribution in [2.24, 2.45) is 0 Å². The van der Waals surface area contributed by atoms with Gasteiger partial charge in [0.1, 0.15) is 6.54 Å². The molecule has 10 heteroatoms. The van der Waals surface area contributed by atoms with E-state index in [9.17, 15) is 22.0 Å². The molecule has 5 nitrogen and oxygen atoms in total. The zero-order valence-electron chi connectivity index (χ0n) is 15.7. The van der Waals surface area contributed by atoms with Gasteiger partial charge in [-0.2, -0.15) is 11.8 Å². The summed E-state index contributed by atoms with van der Waals surface area (Å²) in [5.74, 6) is -1.18. The summed E-state index contributed by atoms with van der Waals surface area (Å²) < 4.78 is 51.1. The second-order valence-corrected chi connectivity index (χ2v) is 9.70. The highest BCUT2D eigenvalue weighted by Gasteiger charge is 2.21. The van der Waals surface area contributed by atoms with Gasteiger partial charge >= 0.3 is 0 Å². The van der Waals surface area contributed by atoms with Crippen LogP contribution in [0.15, 0.2) is 42.5 Å². The van der Waals surface area contributed by atoms with E-state index in [-0.39, 0.29) is 5.69 Å². The topological polar surface area (TPSA) is 66.5 Å². The molecule has 29 heavy (non-hydrogen) atoms. The Morgan fingerprint density at radius 1 is 1.14 bits per heavy atom. The van der Waals surface area contributed by atoms with Crippen molar-refractivity contribution < 1.29 is 22.0 Å². The summed E-state index contributed by atoms with van der Waals surface area (Å²) in [4.78, 5) is 12.1. The van der Waals surface area contributed by atoms with Crippen LogP contribution in [0.3, 0.4) is 0 Å². The molecule has 1 amide bonds. The fourth-order valence-electron chi connectivity index (χ4n) is 2.40. The standard InChI is InChI=1S/C19H21ClF2N2O3S2/c1-29(26,27)24(16-7-8-17(21)18(22)11-16)12-19(25)23-9-2-10-28-13-14-3-5-15(20)6-4-14/h3-8,11H,2,9-10,12-13H2,1H3,(H,23,25). The Kier molecular flexibility index (Phi) is 8.73. The fourth-order valence-corrected chi connectivity index (χ4v) is 4.29. The lowest BCUT2D eigenvalue weighted by Crippen LogP contribution is -2.40. The van der Waals surface area contributed by atoms with Gasteiger partial charge in [-0.3, -0.25) is 9.10 Å². The Labute approximate surface area is 178 Å². The zero-order chi connectivity index (χ0) is 21.4. The predicted molar refractivity (Wildman–Crippen MR) is 114 cm³/mol. The van der Waals surface area contributed by atoms with Crippen LogP contribution < -0.4 is 9.62 Å². The molecule has 158 valence electrons. The summed E-state index contributed by atoms with van der Waals surface area (Å²) in [7, 11) is -3.85. The maximum absolute atomic E-state index is 13.4. The van der Waals surface area contributed by atoms with Crippen molar-refractivity contribution in [1.82, 2.24) is 5.32 Å². The van der Waals surface area contributed by atoms with E-state index in [0.717, 1.165) is 45.8 Å². The number of rotatable bonds is 10. The molecular weight excluding hydrogens is 442 g/mol. The highest BCUT2D eigenvalue weighted by atomic mass is 35.5. The Balaban J connectivity index is 1.78. The first-order valence-electron chi connectivity index (χ1n) is 8.68. The Bertz CT molecular complexity index is 941. The maximum atomic E-state index is 13.4. The second kappa shape index (κ2) is 10.8. The van der Waals surface area contributed by atoms with Gasteiger partial charge in [0.25, 0.3) is 0 Å². The quantitative estimate of drug-likeness (QED) is 0.545. The molecular formula is C19H21ClF2N2O3S2. The van der Waals surface area contributed by atoms with Crippen molar-refractivity contribution >= 4 is 45.0 Å². The molecule has 0 atom stereocenters. The molecule has 0 aliphatic rings. The lowest BCUT2D eigenvalue weighted by molar-refractivity contribution is -0.119. The molecule has 1 N–H and O–H groups in total. The van der Waals surface area contributed by atoms with E-state index < -0.39 is 34.1 Å². The van der Waals surface area contributed by atoms with Crippen LogP contribution in [0.2, 0.25) is 5.02 Å². The van der Waals surface area contributed by atoms with Gasteiger partial charge in [0.05, 0.1) is 11.9 Å². The molecule has 0 radical (unpaired) electrons. The van der Waals surface area contributed by atoms with Gasteiger partial charge in [0.15, 0.2) is 11.6 Å². The van der Waals surface area contributed by atoms with Crippen molar-refractivity contribution in [1.29, 1.82) is 0 Å². The molecule has 0 bridgehead atoms. The van der Waals surface area contributed by atoms with Crippen molar-refractivity contribution in [2.45, 2.75) is 12.2 Å². The average Bonchev–Trinajstić information content (AvgIpc) is 2.65. The molecule has 0 saturated heterocycles. The predicted octanol–water partition coefficient (Wildman–Crippen LogP) is 3.82. The number of nitrogens with zero attached hydrogens (tertiary/aromatic N) is 1. The number of amides is 1. The lowest BCUT2D eigenvalue weighted by Gasteiger charge is -2.22. The van der Waals surface area contributed by atoms with E-state index in [1.165, 1.54) is 0 Å². The van der Waals surface area contributed by atoms with Crippen LogP contribution in [0.4, 0.5) is 14.5 Å². The lowest BCUT2D eigenvalue weighted by atomic mass is 10.2. The Hall–Kier alpha value is -1.84. The number of sulfonamides is 1. The summed E-state index contributed by atoms with van der Waals surface area (Å²) in [6.45, 7) is -0.135. The number of anilines is 1. The number of carbonyl (C=O) groups excluding carboxylic acids is 1. The van der Waals surface area contributed by atoms with Gasteiger partial charge in [-0.1, -0.05) is 23.7 Å². The molecule has 0 heterocycles. The second-order valence-electron chi connectivity index (χ2n) is 6.25. The largest absolute Gasteiger partial charge is 0.354 e. The molecule has 2 aromatic rings. The van der Waals surface area contributed by atoms with Gasteiger partial charge in [-0.15, -0.1) is 0 Å². The summed E-state index contributed by atoms with van der Waals surface area (Å²) in [5, 5.41) is 3.33. The molecule has 0 saturated carbocycles. The SMILES string of the molecule is CS(=O)(=O)N(CC(=O)NCCCSCc1ccc(Cl)cc1)c1ccc(F)c(F)c1. The minimum atomic E-state index is -3.85. The smallest absolute Gasteiger partial charge is 0.240 e. The van der Waals surface area contributed by atoms with E-state index >= 15 is 0 Å². The van der Waals surface area contributed by atoms with Crippen LogP contribution in [0, 0.1) is 11.6 Å². The highest BCUT2D eigenvalue weighted by molar-refractivity contribution is 7.98. The van der Waals surface area contributed by atoms with Gasteiger partial charge in [-0.25, -0.2) is 17.2 Å². The van der Waals surface area contributed by atoms with E-state index in [1.807, 2.05) is 24.3 Å². The minimum Gasteiger partial charge on any atom is -0.354 e. The number of thioether (sulfide) groups is 1. The molecule has 0 fully saturated rings. The molecule has 0 aliphatic carbocycles. The summed E-state index contributed by atoms with van der Waals surface area (Å²) >= 11 is 7.54. The minimum absolute atomic E-state index is 0.111. The molecule has 0 unspecified atom stereocenters. The van der Waals surface area contributed by atoms with E-state index in [0.29, 0.717) is 18.0 Å². The first kappa shape index (κ1) is 23.4. The normalized spacial score (nSPS) is 11.3. The van der Waals surface area contributed by atoms with E-state index in [1.54, 1.807) is 11.8 Å². The summed E-state index contributed by atoms with van der Waals surface area (Å²) in [6.07, 6.45) is 1.60. The zero-order valence-corrected chi connectivity index (χ0v) is 18.1. The van der Waals surface area contributed by atoms with E-state index in [2.05, 4.69) is 5.32 Å². The third kappa shape index (κ3) is 7.83. The fraction of sp³-hybridized carbons (Fsp3) is 0.316. The highest BCUT2D eigenvalue weighted by Crippen LogP contribution is 2.20. The van der Waals surface area contributed by atoms with Gasteiger partial charge < -0.3 is 5.32 Å². The van der Waals surface area contributed by atoms with Crippen LogP contribution in [0.5, 0.6) is 0 Å². The number of hydrogen-bond donors (Lipinski definition) is 1. The monoisotopic (exact) mass is 462 g/mol. The average molecular weight is 463 g/mol. The Morgan fingerprint density at radius 3 is 2.45 bits per heavy atom. The van der Waals surface area contributed by atoms with Crippen LogP contribution in [-0.4, -0.2) is 39.4 Å². The number of carbonyl (C=O) groups is 1. The van der Waals surface area contributed by atoms with Crippen LogP contribution >= 0.6 is 23.4 Å². The number of halogens is 3. The third-order valence-electron chi connectivity index (χ3n) is 3.85. The van der Waals surface area contributed by atoms with Crippen molar-refractivity contribution in [3.63, 3.8) is 0 Å². The van der Waals surface area contributed by atoms with Crippen LogP contribution in [0.1, 0.15) is 12.0 Å². The molecule has 0 aromatic heterocycles. The first-order valence-corrected chi connectivity index (χ1v) is 12.1. The van der Waals surface area contributed by atoms with Crippen LogP contribution in [0.25, 0.3) is 0 Å². The third-order valence-corrected chi connectivity index (χ3v) is 6.36. The molecule has 2 aromatic carbocycles. The number of benzene rings is 2. The Morgan fingerprint density at radius 2 is 1.83 bits per heavy atom. The summed E-state index contributed by atoms with van der Waals surface area (Å²) in [6, 6.07) is 10.2. The van der Waals surface area contributed by atoms with Gasteiger partial charge in [0.2, 0.25) is 15.9 Å². The first-order chi connectivity index (χ1) is 13.7. The van der Waals surface area contributed by atoms with Crippen molar-refractivity contribution in [2.75, 3.05) is 29.4 Å². The van der Waals surface area contributed by atoms with E-state index in [4.69, 9.17) is 11.6 Å². The molecule has 0 aliphatic heterocycles. The van der Waals surface area contributed by atoms with Crippen molar-refractivity contribution in [3.05, 3.63) is 64.7 Å². The maximum Gasteiger partial charge on any atom is 0.240 e. The summed E-state index contributed by atoms with van der Waals surface area (Å²) in [5.41, 5.74) is 1.04. The van der Waals surface area contributed by atoms with Crippen molar-refractivity contribution in [3.8, 4) is 0 Å². The van der Waals surface area contributed by atoms with Gasteiger partial charge in [0, 0.05) is 23.4 Å². The van der Waals surface area contributed by atoms with Gasteiger partial charge in [-0.05, 0) is 42.0 Å². The molecule has 2 rings (SSSR count). The molecule has 0 spiro atoms. The number of nitrogens with one attached hydrogen (secondary N) is 1. The van der Waals surface area contributed by atoms with Crippen LogP contribution in [-0.2, 0) is 20.6 Å². The number of hydrogen-bond acceptors (Lipinski definition) is 4.